The van der Waals surface area contributed by atoms with E-state index in [9.17, 15) is 4.79 Å². The van der Waals surface area contributed by atoms with Crippen molar-refractivity contribution in [2.45, 2.75) is 37.3 Å². The van der Waals surface area contributed by atoms with E-state index in [4.69, 9.17) is 15.6 Å². The highest BCUT2D eigenvalue weighted by molar-refractivity contribution is 5.79. The van der Waals surface area contributed by atoms with E-state index in [0.717, 1.165) is 39.0 Å². The molecule has 2 unspecified atom stereocenters. The summed E-state index contributed by atoms with van der Waals surface area (Å²) in [6.07, 6.45) is 3.71. The molecule has 2 heterocycles. The van der Waals surface area contributed by atoms with E-state index in [1.165, 1.54) is 0 Å². The van der Waals surface area contributed by atoms with Crippen LogP contribution in [0.25, 0.3) is 0 Å². The van der Waals surface area contributed by atoms with Crippen molar-refractivity contribution in [2.24, 2.45) is 5.73 Å². The molecule has 0 saturated carbocycles. The molecule has 0 amide bonds. The molecule has 0 spiro atoms. The summed E-state index contributed by atoms with van der Waals surface area (Å²) in [4.78, 5) is 13.3. The van der Waals surface area contributed by atoms with E-state index in [1.807, 2.05) is 0 Å². The lowest BCUT2D eigenvalue weighted by Gasteiger charge is -2.27. The molecule has 16 heavy (non-hydrogen) atoms. The maximum Gasteiger partial charge on any atom is 0.325 e. The highest BCUT2D eigenvalue weighted by Gasteiger charge is 2.43. The zero-order valence-corrected chi connectivity index (χ0v) is 9.52. The molecular formula is C11H20N2O3. The number of carboxylic acids is 1. The van der Waals surface area contributed by atoms with Gasteiger partial charge in [0, 0.05) is 32.3 Å². The number of hydrogen-bond acceptors (Lipinski definition) is 4. The monoisotopic (exact) mass is 228 g/mol. The maximum absolute atomic E-state index is 11.0. The van der Waals surface area contributed by atoms with Gasteiger partial charge in [0.05, 0.1) is 0 Å². The molecule has 2 aliphatic heterocycles. The summed E-state index contributed by atoms with van der Waals surface area (Å²) in [5, 5.41) is 9.07. The molecule has 2 saturated heterocycles. The van der Waals surface area contributed by atoms with Gasteiger partial charge in [0.2, 0.25) is 0 Å². The molecule has 2 atom stereocenters. The van der Waals surface area contributed by atoms with Crippen LogP contribution in [0.15, 0.2) is 0 Å². The van der Waals surface area contributed by atoms with Gasteiger partial charge >= 0.3 is 5.97 Å². The van der Waals surface area contributed by atoms with E-state index < -0.39 is 11.5 Å². The van der Waals surface area contributed by atoms with E-state index in [0.29, 0.717) is 19.0 Å². The van der Waals surface area contributed by atoms with Crippen molar-refractivity contribution < 1.29 is 14.6 Å². The van der Waals surface area contributed by atoms with Crippen molar-refractivity contribution in [1.82, 2.24) is 4.90 Å². The van der Waals surface area contributed by atoms with Gasteiger partial charge < -0.3 is 15.6 Å². The van der Waals surface area contributed by atoms with E-state index >= 15 is 0 Å². The Hall–Kier alpha value is -0.650. The van der Waals surface area contributed by atoms with Crippen LogP contribution in [0.4, 0.5) is 0 Å². The average Bonchev–Trinajstić information content (AvgIpc) is 2.51. The number of ether oxygens (including phenoxy) is 1. The van der Waals surface area contributed by atoms with E-state index in [1.54, 1.807) is 0 Å². The number of rotatable bonds is 2. The molecule has 92 valence electrons. The summed E-state index contributed by atoms with van der Waals surface area (Å²) in [6.45, 7) is 2.89. The minimum absolute atomic E-state index is 0.451. The summed E-state index contributed by atoms with van der Waals surface area (Å²) in [5.41, 5.74) is 4.83. The van der Waals surface area contributed by atoms with E-state index in [2.05, 4.69) is 4.90 Å². The Labute approximate surface area is 95.5 Å². The summed E-state index contributed by atoms with van der Waals surface area (Å²) in [7, 11) is 0. The van der Waals surface area contributed by atoms with Gasteiger partial charge in [-0.05, 0) is 25.7 Å². The van der Waals surface area contributed by atoms with Crippen molar-refractivity contribution in [2.75, 3.05) is 26.3 Å². The van der Waals surface area contributed by atoms with Crippen molar-refractivity contribution >= 4 is 5.97 Å². The lowest BCUT2D eigenvalue weighted by atomic mass is 10.0. The van der Waals surface area contributed by atoms with Crippen molar-refractivity contribution in [3.8, 4) is 0 Å². The first-order chi connectivity index (χ1) is 7.62. The summed E-state index contributed by atoms with van der Waals surface area (Å²) >= 11 is 0. The Balaban J connectivity index is 1.94. The molecule has 0 bridgehead atoms. The fourth-order valence-corrected chi connectivity index (χ4v) is 2.60. The second-order valence-corrected chi connectivity index (χ2v) is 4.88. The molecule has 0 radical (unpaired) electrons. The van der Waals surface area contributed by atoms with Gasteiger partial charge in [-0.2, -0.15) is 0 Å². The van der Waals surface area contributed by atoms with Crippen molar-refractivity contribution in [3.05, 3.63) is 0 Å². The van der Waals surface area contributed by atoms with Crippen LogP contribution in [-0.4, -0.2) is 53.9 Å². The molecule has 2 rings (SSSR count). The van der Waals surface area contributed by atoms with Gasteiger partial charge in [0.25, 0.3) is 0 Å². The topological polar surface area (TPSA) is 75.8 Å². The normalized spacial score (nSPS) is 37.2. The molecule has 5 nitrogen and oxygen atoms in total. The van der Waals surface area contributed by atoms with Gasteiger partial charge in [0.1, 0.15) is 5.54 Å². The largest absolute Gasteiger partial charge is 0.480 e. The van der Waals surface area contributed by atoms with Crippen LogP contribution in [0.5, 0.6) is 0 Å². The molecule has 0 aliphatic carbocycles. The number of carbonyl (C=O) groups is 1. The lowest BCUT2D eigenvalue weighted by Crippen LogP contribution is -2.51. The summed E-state index contributed by atoms with van der Waals surface area (Å²) in [6, 6.07) is 0.451. The van der Waals surface area contributed by atoms with Crippen molar-refractivity contribution in [1.29, 1.82) is 0 Å². The van der Waals surface area contributed by atoms with Crippen LogP contribution in [0.2, 0.25) is 0 Å². The van der Waals surface area contributed by atoms with Gasteiger partial charge in [-0.3, -0.25) is 9.69 Å². The molecule has 0 aromatic heterocycles. The van der Waals surface area contributed by atoms with Crippen LogP contribution < -0.4 is 5.73 Å². The SMILES string of the molecule is NC1(C(=O)O)CCN(C2CCCOCC2)C1. The van der Waals surface area contributed by atoms with Gasteiger partial charge in [-0.1, -0.05) is 0 Å². The Morgan fingerprint density at radius 1 is 1.44 bits per heavy atom. The van der Waals surface area contributed by atoms with Crippen LogP contribution in [0, 0.1) is 0 Å². The van der Waals surface area contributed by atoms with Gasteiger partial charge in [0.15, 0.2) is 0 Å². The second kappa shape index (κ2) is 4.69. The molecule has 2 fully saturated rings. The third-order valence-electron chi connectivity index (χ3n) is 3.69. The fourth-order valence-electron chi connectivity index (χ4n) is 2.60. The van der Waals surface area contributed by atoms with Gasteiger partial charge in [-0.15, -0.1) is 0 Å². The summed E-state index contributed by atoms with van der Waals surface area (Å²) in [5.74, 6) is -0.875. The molecule has 0 aromatic carbocycles. The Bertz CT molecular complexity index is 264. The Morgan fingerprint density at radius 2 is 2.25 bits per heavy atom. The fraction of sp³-hybridized carbons (Fsp3) is 0.909. The smallest absolute Gasteiger partial charge is 0.325 e. The lowest BCUT2D eigenvalue weighted by molar-refractivity contribution is -0.142. The zero-order valence-electron chi connectivity index (χ0n) is 9.52. The first-order valence-electron chi connectivity index (χ1n) is 5.96. The van der Waals surface area contributed by atoms with Crippen LogP contribution in [0.1, 0.15) is 25.7 Å². The number of nitrogens with two attached hydrogens (primary N) is 1. The minimum Gasteiger partial charge on any atom is -0.480 e. The van der Waals surface area contributed by atoms with Crippen molar-refractivity contribution in [3.63, 3.8) is 0 Å². The van der Waals surface area contributed by atoms with Crippen LogP contribution in [0.3, 0.4) is 0 Å². The average molecular weight is 228 g/mol. The quantitative estimate of drug-likeness (QED) is 0.698. The number of aliphatic carboxylic acids is 1. The predicted octanol–water partition coefficient (Wildman–Crippen LogP) is 0.0433. The number of hydrogen-bond donors (Lipinski definition) is 2. The Kier molecular flexibility index (Phi) is 3.47. The number of nitrogens with zero attached hydrogens (tertiary/aromatic N) is 1. The maximum atomic E-state index is 11.0. The predicted molar refractivity (Wildman–Crippen MR) is 59.2 cm³/mol. The van der Waals surface area contributed by atoms with Crippen LogP contribution in [-0.2, 0) is 9.53 Å². The molecular weight excluding hydrogens is 208 g/mol. The molecule has 5 heteroatoms. The van der Waals surface area contributed by atoms with Crippen LogP contribution >= 0.6 is 0 Å². The number of carboxylic acid groups (broad SMARTS) is 1. The first-order valence-corrected chi connectivity index (χ1v) is 5.96. The highest BCUT2D eigenvalue weighted by Crippen LogP contribution is 2.25. The van der Waals surface area contributed by atoms with E-state index in [-0.39, 0.29) is 0 Å². The summed E-state index contributed by atoms with van der Waals surface area (Å²) < 4.78 is 5.41. The zero-order chi connectivity index (χ0) is 11.6. The standard InChI is InChI=1S/C11H20N2O3/c12-11(10(14)15)4-5-13(8-11)9-2-1-6-16-7-3-9/h9H,1-8,12H2,(H,14,15). The Morgan fingerprint density at radius 3 is 2.94 bits per heavy atom. The third-order valence-corrected chi connectivity index (χ3v) is 3.69. The second-order valence-electron chi connectivity index (χ2n) is 4.88. The number of likely N-dealkylation sites (tertiary alicyclic amines) is 1. The highest BCUT2D eigenvalue weighted by atomic mass is 16.5. The first kappa shape index (κ1) is 11.8. The third kappa shape index (κ3) is 2.36. The molecule has 0 aromatic rings. The molecule has 3 N–H and O–H groups in total. The molecule has 2 aliphatic rings. The van der Waals surface area contributed by atoms with Gasteiger partial charge in [-0.25, -0.2) is 0 Å². The minimum atomic E-state index is -1.03.